The molecule has 1 heterocycles. The van der Waals surface area contributed by atoms with Crippen LogP contribution in [0.4, 0.5) is 0 Å². The summed E-state index contributed by atoms with van der Waals surface area (Å²) in [6.07, 6.45) is 4.78. The van der Waals surface area contributed by atoms with E-state index in [1.807, 2.05) is 30.0 Å². The number of unbranched alkanes of at least 4 members (excludes halogenated alkanes) is 1. The average molecular weight is 316 g/mol. The Hall–Kier alpha value is -1.84. The van der Waals surface area contributed by atoms with Crippen LogP contribution in [-0.4, -0.2) is 35.8 Å². The number of hydrogen-bond donors (Lipinski definition) is 1. The molecule has 0 unspecified atom stereocenters. The Labute approximate surface area is 139 Å². The van der Waals surface area contributed by atoms with Crippen molar-refractivity contribution in [3.05, 3.63) is 35.4 Å². The Balaban J connectivity index is 1.75. The Morgan fingerprint density at radius 2 is 2.00 bits per heavy atom. The number of amides is 2. The number of nitrogens with zero attached hydrogens (tertiary/aromatic N) is 1. The van der Waals surface area contributed by atoms with Crippen LogP contribution < -0.4 is 5.32 Å². The minimum absolute atomic E-state index is 0.149. The van der Waals surface area contributed by atoms with Crippen molar-refractivity contribution in [3.63, 3.8) is 0 Å². The highest BCUT2D eigenvalue weighted by Gasteiger charge is 2.23. The van der Waals surface area contributed by atoms with Gasteiger partial charge >= 0.3 is 0 Å². The normalized spacial score (nSPS) is 15.5. The Morgan fingerprint density at radius 1 is 1.26 bits per heavy atom. The molecule has 0 bridgehead atoms. The molecular formula is C19H28N2O2. The van der Waals surface area contributed by atoms with Gasteiger partial charge in [0.05, 0.1) is 6.42 Å². The van der Waals surface area contributed by atoms with Gasteiger partial charge in [-0.05, 0) is 31.7 Å². The second-order valence-corrected chi connectivity index (χ2v) is 6.49. The van der Waals surface area contributed by atoms with Gasteiger partial charge in [0.1, 0.15) is 0 Å². The number of aryl methyl sites for hydroxylation is 1. The van der Waals surface area contributed by atoms with Gasteiger partial charge in [-0.1, -0.05) is 43.2 Å². The molecule has 1 aliphatic heterocycles. The van der Waals surface area contributed by atoms with Gasteiger partial charge in [-0.25, -0.2) is 0 Å². The molecule has 0 aliphatic carbocycles. The molecule has 23 heavy (non-hydrogen) atoms. The zero-order valence-corrected chi connectivity index (χ0v) is 14.3. The van der Waals surface area contributed by atoms with E-state index >= 15 is 0 Å². The molecule has 1 saturated heterocycles. The Kier molecular flexibility index (Phi) is 6.63. The van der Waals surface area contributed by atoms with E-state index in [1.54, 1.807) is 0 Å². The van der Waals surface area contributed by atoms with Crippen molar-refractivity contribution in [1.82, 2.24) is 10.2 Å². The number of carbonyl (C=O) groups is 2. The fourth-order valence-electron chi connectivity index (χ4n) is 3.02. The monoisotopic (exact) mass is 316 g/mol. The van der Waals surface area contributed by atoms with E-state index in [-0.39, 0.29) is 17.9 Å². The third kappa shape index (κ3) is 5.70. The molecule has 126 valence electrons. The molecule has 1 aromatic rings. The van der Waals surface area contributed by atoms with Gasteiger partial charge in [-0.3, -0.25) is 9.59 Å². The zero-order chi connectivity index (χ0) is 16.7. The molecule has 0 saturated carbocycles. The van der Waals surface area contributed by atoms with Gasteiger partial charge in [0, 0.05) is 25.6 Å². The van der Waals surface area contributed by atoms with Crippen LogP contribution in [0, 0.1) is 6.92 Å². The zero-order valence-electron chi connectivity index (χ0n) is 14.3. The van der Waals surface area contributed by atoms with Gasteiger partial charge in [-0.2, -0.15) is 0 Å². The van der Waals surface area contributed by atoms with Crippen molar-refractivity contribution < 1.29 is 9.59 Å². The van der Waals surface area contributed by atoms with Gasteiger partial charge in [0.2, 0.25) is 11.8 Å². The molecule has 1 aromatic carbocycles. The summed E-state index contributed by atoms with van der Waals surface area (Å²) in [5.74, 6) is 0.336. The molecule has 0 atom stereocenters. The first-order valence-electron chi connectivity index (χ1n) is 8.71. The largest absolute Gasteiger partial charge is 0.353 e. The van der Waals surface area contributed by atoms with Gasteiger partial charge in [0.15, 0.2) is 0 Å². The van der Waals surface area contributed by atoms with E-state index in [4.69, 9.17) is 0 Å². The number of carbonyl (C=O) groups excluding carboxylic acids is 2. The van der Waals surface area contributed by atoms with Crippen LogP contribution in [-0.2, 0) is 16.0 Å². The molecule has 2 amide bonds. The lowest BCUT2D eigenvalue weighted by molar-refractivity contribution is -0.131. The van der Waals surface area contributed by atoms with Crippen LogP contribution in [0.1, 0.15) is 50.2 Å². The third-order valence-corrected chi connectivity index (χ3v) is 4.41. The van der Waals surface area contributed by atoms with E-state index in [9.17, 15) is 9.59 Å². The van der Waals surface area contributed by atoms with Crippen molar-refractivity contribution in [2.45, 2.75) is 58.4 Å². The Bertz CT molecular complexity index is 534. The first-order chi connectivity index (χ1) is 11.1. The fraction of sp³-hybridized carbons (Fsp3) is 0.579. The highest BCUT2D eigenvalue weighted by Crippen LogP contribution is 2.13. The topological polar surface area (TPSA) is 49.4 Å². The lowest BCUT2D eigenvalue weighted by Crippen LogP contribution is -2.46. The van der Waals surface area contributed by atoms with Crippen LogP contribution in [0.25, 0.3) is 0 Å². The van der Waals surface area contributed by atoms with Crippen LogP contribution in [0.5, 0.6) is 0 Å². The minimum Gasteiger partial charge on any atom is -0.353 e. The van der Waals surface area contributed by atoms with Gasteiger partial charge in [-0.15, -0.1) is 0 Å². The van der Waals surface area contributed by atoms with Crippen molar-refractivity contribution in [2.75, 3.05) is 13.1 Å². The van der Waals surface area contributed by atoms with Crippen LogP contribution in [0.3, 0.4) is 0 Å². The number of hydrogen-bond acceptors (Lipinski definition) is 2. The SMILES string of the molecule is CCCCC(=O)NC1CCN(C(=O)Cc2cccc(C)c2)CC1. The summed E-state index contributed by atoms with van der Waals surface area (Å²) in [6.45, 7) is 5.61. The van der Waals surface area contributed by atoms with E-state index in [2.05, 4.69) is 18.3 Å². The number of rotatable bonds is 6. The second kappa shape index (κ2) is 8.70. The van der Waals surface area contributed by atoms with E-state index in [0.29, 0.717) is 12.8 Å². The maximum absolute atomic E-state index is 12.4. The van der Waals surface area contributed by atoms with Crippen molar-refractivity contribution in [1.29, 1.82) is 0 Å². The first-order valence-corrected chi connectivity index (χ1v) is 8.71. The third-order valence-electron chi connectivity index (χ3n) is 4.41. The lowest BCUT2D eigenvalue weighted by Gasteiger charge is -2.32. The van der Waals surface area contributed by atoms with E-state index in [0.717, 1.165) is 44.3 Å². The highest BCUT2D eigenvalue weighted by molar-refractivity contribution is 5.79. The number of nitrogens with one attached hydrogen (secondary N) is 1. The van der Waals surface area contributed by atoms with E-state index < -0.39 is 0 Å². The quantitative estimate of drug-likeness (QED) is 0.877. The van der Waals surface area contributed by atoms with E-state index in [1.165, 1.54) is 5.56 Å². The summed E-state index contributed by atoms with van der Waals surface area (Å²) in [5, 5.41) is 3.09. The highest BCUT2D eigenvalue weighted by atomic mass is 16.2. The molecule has 0 spiro atoms. The average Bonchev–Trinajstić information content (AvgIpc) is 2.53. The maximum atomic E-state index is 12.4. The molecule has 4 heteroatoms. The molecule has 1 fully saturated rings. The van der Waals surface area contributed by atoms with Crippen LogP contribution in [0.2, 0.25) is 0 Å². The fourth-order valence-corrected chi connectivity index (χ4v) is 3.02. The summed E-state index contributed by atoms with van der Waals surface area (Å²) in [4.78, 5) is 26.1. The van der Waals surface area contributed by atoms with Crippen molar-refractivity contribution in [3.8, 4) is 0 Å². The molecule has 0 aromatic heterocycles. The minimum atomic E-state index is 0.149. The van der Waals surface area contributed by atoms with Crippen molar-refractivity contribution in [2.24, 2.45) is 0 Å². The smallest absolute Gasteiger partial charge is 0.226 e. The molecule has 2 rings (SSSR count). The predicted molar refractivity (Wildman–Crippen MR) is 92.2 cm³/mol. The first kappa shape index (κ1) is 17.5. The summed E-state index contributed by atoms with van der Waals surface area (Å²) in [5.41, 5.74) is 2.26. The molecule has 4 nitrogen and oxygen atoms in total. The van der Waals surface area contributed by atoms with Crippen LogP contribution in [0.15, 0.2) is 24.3 Å². The van der Waals surface area contributed by atoms with Crippen LogP contribution >= 0.6 is 0 Å². The van der Waals surface area contributed by atoms with Crippen molar-refractivity contribution >= 4 is 11.8 Å². The Morgan fingerprint density at radius 3 is 2.65 bits per heavy atom. The standard InChI is InChI=1S/C19H28N2O2/c1-3-4-8-18(22)20-17-9-11-21(12-10-17)19(23)14-16-7-5-6-15(2)13-16/h5-7,13,17H,3-4,8-12,14H2,1-2H3,(H,20,22). The molecule has 1 N–H and O–H groups in total. The summed E-state index contributed by atoms with van der Waals surface area (Å²) >= 11 is 0. The maximum Gasteiger partial charge on any atom is 0.226 e. The van der Waals surface area contributed by atoms with Gasteiger partial charge in [0.25, 0.3) is 0 Å². The lowest BCUT2D eigenvalue weighted by atomic mass is 10.0. The molecular weight excluding hydrogens is 288 g/mol. The number of piperidine rings is 1. The second-order valence-electron chi connectivity index (χ2n) is 6.49. The molecule has 1 aliphatic rings. The van der Waals surface area contributed by atoms with Gasteiger partial charge < -0.3 is 10.2 Å². The number of benzene rings is 1. The predicted octanol–water partition coefficient (Wildman–Crippen LogP) is 2.83. The summed E-state index contributed by atoms with van der Waals surface area (Å²) < 4.78 is 0. The summed E-state index contributed by atoms with van der Waals surface area (Å²) in [7, 11) is 0. The number of likely N-dealkylation sites (tertiary alicyclic amines) is 1. The summed E-state index contributed by atoms with van der Waals surface area (Å²) in [6, 6.07) is 8.34. The molecule has 0 radical (unpaired) electrons.